The number of rotatable bonds is 0. The summed E-state index contributed by atoms with van der Waals surface area (Å²) in [5.41, 5.74) is -1.65. The first-order valence-electron chi connectivity index (χ1n) is 5.02. The fraction of sp³-hybridized carbons (Fsp3) is 0.900. The van der Waals surface area contributed by atoms with E-state index in [1.54, 1.807) is 0 Å². The first-order valence-corrected chi connectivity index (χ1v) is 5.02. The molecule has 3 fully saturated rings. The van der Waals surface area contributed by atoms with E-state index in [1.165, 1.54) is 0 Å². The number of hydrogen-bond acceptors (Lipinski definition) is 4. The smallest absolute Gasteiger partial charge is 0.315 e. The molecule has 1 N–H and O–H groups in total. The molecule has 4 atom stereocenters. The molecule has 0 aromatic carbocycles. The van der Waals surface area contributed by atoms with Crippen molar-refractivity contribution in [2.24, 2.45) is 5.41 Å². The van der Waals surface area contributed by atoms with Gasteiger partial charge < -0.3 is 14.6 Å². The second-order valence-corrected chi connectivity index (χ2v) is 5.00. The SMILES string of the molecule is CC12CCC(O)C3(C)OC13COC2=O. The molecular weight excluding hydrogens is 184 g/mol. The van der Waals surface area contributed by atoms with Gasteiger partial charge in [-0.3, -0.25) is 4.79 Å². The molecule has 0 bridgehead atoms. The maximum Gasteiger partial charge on any atom is 0.315 e. The maximum absolute atomic E-state index is 11.6. The van der Waals surface area contributed by atoms with Crippen LogP contribution in [0.2, 0.25) is 0 Å². The van der Waals surface area contributed by atoms with Crippen LogP contribution in [0, 0.1) is 5.41 Å². The number of cyclic esters (lactones) is 1. The molecular formula is C10H14O4. The highest BCUT2D eigenvalue weighted by molar-refractivity contribution is 5.82. The highest BCUT2D eigenvalue weighted by atomic mass is 16.7. The van der Waals surface area contributed by atoms with Crippen molar-refractivity contribution in [2.75, 3.05) is 6.61 Å². The lowest BCUT2D eigenvalue weighted by molar-refractivity contribution is -0.146. The fourth-order valence-electron chi connectivity index (χ4n) is 3.16. The summed E-state index contributed by atoms with van der Waals surface area (Å²) >= 11 is 0. The summed E-state index contributed by atoms with van der Waals surface area (Å²) in [4.78, 5) is 11.6. The number of aliphatic hydroxyl groups excluding tert-OH is 1. The van der Waals surface area contributed by atoms with Crippen molar-refractivity contribution in [2.45, 2.75) is 44.0 Å². The lowest BCUT2D eigenvalue weighted by Gasteiger charge is -2.33. The third kappa shape index (κ3) is 0.597. The number of aliphatic hydroxyl groups is 1. The van der Waals surface area contributed by atoms with Crippen LogP contribution in [0.15, 0.2) is 0 Å². The molecule has 78 valence electrons. The lowest BCUT2D eigenvalue weighted by Crippen LogP contribution is -2.50. The van der Waals surface area contributed by atoms with E-state index in [0.717, 1.165) is 0 Å². The standard InChI is InChI=1S/C10H14O4/c1-8-4-3-6(11)9(2)10(8,14-9)5-13-7(8)12/h6,11H,3-5H2,1-2H3. The van der Waals surface area contributed by atoms with E-state index in [2.05, 4.69) is 0 Å². The average molecular weight is 198 g/mol. The number of carbonyl (C=O) groups is 1. The van der Waals surface area contributed by atoms with Crippen molar-refractivity contribution < 1.29 is 19.4 Å². The van der Waals surface area contributed by atoms with Crippen molar-refractivity contribution >= 4 is 5.97 Å². The Balaban J connectivity index is 2.09. The number of esters is 1. The van der Waals surface area contributed by atoms with E-state index in [1.807, 2.05) is 13.8 Å². The molecule has 4 unspecified atom stereocenters. The van der Waals surface area contributed by atoms with Crippen LogP contribution in [0.5, 0.6) is 0 Å². The summed E-state index contributed by atoms with van der Waals surface area (Å²) < 4.78 is 10.8. The van der Waals surface area contributed by atoms with E-state index in [9.17, 15) is 9.90 Å². The molecule has 0 amide bonds. The Morgan fingerprint density at radius 2 is 2.21 bits per heavy atom. The van der Waals surface area contributed by atoms with Gasteiger partial charge in [0.15, 0.2) is 0 Å². The highest BCUT2D eigenvalue weighted by Gasteiger charge is 2.84. The minimum absolute atomic E-state index is 0.173. The fourth-order valence-corrected chi connectivity index (χ4v) is 3.16. The quantitative estimate of drug-likeness (QED) is 0.447. The zero-order valence-corrected chi connectivity index (χ0v) is 8.37. The molecule has 1 aliphatic carbocycles. The van der Waals surface area contributed by atoms with Crippen LogP contribution >= 0.6 is 0 Å². The number of carbonyl (C=O) groups excluding carboxylic acids is 1. The minimum atomic E-state index is -0.563. The molecule has 1 spiro atoms. The van der Waals surface area contributed by atoms with Gasteiger partial charge in [0.05, 0.1) is 6.10 Å². The first kappa shape index (κ1) is 8.68. The summed E-state index contributed by atoms with van der Waals surface area (Å²) in [6.45, 7) is 4.06. The van der Waals surface area contributed by atoms with E-state index in [4.69, 9.17) is 9.47 Å². The van der Waals surface area contributed by atoms with Gasteiger partial charge in [-0.25, -0.2) is 0 Å². The second-order valence-electron chi connectivity index (χ2n) is 5.00. The molecule has 2 aliphatic heterocycles. The molecule has 1 saturated carbocycles. The second kappa shape index (κ2) is 1.99. The first-order chi connectivity index (χ1) is 6.46. The molecule has 3 aliphatic rings. The van der Waals surface area contributed by atoms with E-state index >= 15 is 0 Å². The topological polar surface area (TPSA) is 59.1 Å². The molecule has 4 heteroatoms. The summed E-state index contributed by atoms with van der Waals surface area (Å²) in [7, 11) is 0. The Labute approximate surface area is 82.2 Å². The Bertz CT molecular complexity index is 328. The Hall–Kier alpha value is -0.610. The molecule has 0 aromatic rings. The Kier molecular flexibility index (Phi) is 1.24. The predicted molar refractivity (Wildman–Crippen MR) is 46.5 cm³/mol. The molecule has 0 radical (unpaired) electrons. The van der Waals surface area contributed by atoms with Gasteiger partial charge in [0.25, 0.3) is 0 Å². The van der Waals surface area contributed by atoms with Crippen molar-refractivity contribution in [3.8, 4) is 0 Å². The van der Waals surface area contributed by atoms with Crippen molar-refractivity contribution in [1.82, 2.24) is 0 Å². The van der Waals surface area contributed by atoms with Gasteiger partial charge in [0, 0.05) is 0 Å². The zero-order valence-electron chi connectivity index (χ0n) is 8.37. The third-order valence-electron chi connectivity index (χ3n) is 4.45. The minimum Gasteiger partial charge on any atom is -0.462 e. The van der Waals surface area contributed by atoms with Gasteiger partial charge in [-0.05, 0) is 26.7 Å². The van der Waals surface area contributed by atoms with Crippen LogP contribution in [-0.4, -0.2) is 35.0 Å². The maximum atomic E-state index is 11.6. The van der Waals surface area contributed by atoms with E-state index < -0.39 is 22.7 Å². The van der Waals surface area contributed by atoms with Crippen LogP contribution in [0.1, 0.15) is 26.7 Å². The average Bonchev–Trinajstić information content (AvgIpc) is 2.71. The third-order valence-corrected chi connectivity index (χ3v) is 4.45. The van der Waals surface area contributed by atoms with Gasteiger partial charge in [0.1, 0.15) is 23.2 Å². The van der Waals surface area contributed by atoms with Gasteiger partial charge in [0.2, 0.25) is 0 Å². The molecule has 0 aromatic heterocycles. The molecule has 14 heavy (non-hydrogen) atoms. The molecule has 2 heterocycles. The number of epoxide rings is 1. The van der Waals surface area contributed by atoms with Crippen LogP contribution < -0.4 is 0 Å². The van der Waals surface area contributed by atoms with Gasteiger partial charge >= 0.3 is 5.97 Å². The normalized spacial score (nSPS) is 60.2. The van der Waals surface area contributed by atoms with Crippen LogP contribution in [0.3, 0.4) is 0 Å². The number of hydrogen-bond donors (Lipinski definition) is 1. The zero-order chi connectivity index (χ0) is 10.2. The monoisotopic (exact) mass is 198 g/mol. The number of ether oxygens (including phenoxy) is 2. The van der Waals surface area contributed by atoms with Crippen molar-refractivity contribution in [3.63, 3.8) is 0 Å². The summed E-state index contributed by atoms with van der Waals surface area (Å²) in [5, 5.41) is 9.83. The largest absolute Gasteiger partial charge is 0.462 e. The van der Waals surface area contributed by atoms with Crippen LogP contribution in [0.4, 0.5) is 0 Å². The highest BCUT2D eigenvalue weighted by Crippen LogP contribution is 2.68. The summed E-state index contributed by atoms with van der Waals surface area (Å²) in [5.74, 6) is -0.173. The summed E-state index contributed by atoms with van der Waals surface area (Å²) in [6.07, 6.45) is 0.803. The summed E-state index contributed by atoms with van der Waals surface area (Å²) in [6, 6.07) is 0. The van der Waals surface area contributed by atoms with Crippen molar-refractivity contribution in [3.05, 3.63) is 0 Å². The van der Waals surface area contributed by atoms with E-state index in [0.29, 0.717) is 19.4 Å². The van der Waals surface area contributed by atoms with Gasteiger partial charge in [-0.1, -0.05) is 0 Å². The van der Waals surface area contributed by atoms with E-state index in [-0.39, 0.29) is 5.97 Å². The molecule has 3 rings (SSSR count). The van der Waals surface area contributed by atoms with Crippen LogP contribution in [-0.2, 0) is 14.3 Å². The van der Waals surface area contributed by atoms with Gasteiger partial charge in [-0.15, -0.1) is 0 Å². The van der Waals surface area contributed by atoms with Gasteiger partial charge in [-0.2, -0.15) is 0 Å². The Morgan fingerprint density at radius 3 is 2.93 bits per heavy atom. The molecule has 4 nitrogen and oxygen atoms in total. The lowest BCUT2D eigenvalue weighted by atomic mass is 9.63. The Morgan fingerprint density at radius 1 is 1.50 bits per heavy atom. The van der Waals surface area contributed by atoms with Crippen molar-refractivity contribution in [1.29, 1.82) is 0 Å². The molecule has 2 saturated heterocycles. The van der Waals surface area contributed by atoms with Crippen LogP contribution in [0.25, 0.3) is 0 Å². The predicted octanol–water partition coefficient (Wildman–Crippen LogP) is 0.232.